The molecule has 0 bridgehead atoms. The predicted octanol–water partition coefficient (Wildman–Crippen LogP) is 1.62. The first-order valence-electron chi connectivity index (χ1n) is 6.72. The van der Waals surface area contributed by atoms with Crippen LogP contribution < -0.4 is 5.73 Å². The monoisotopic (exact) mass is 259 g/mol. The van der Waals surface area contributed by atoms with E-state index >= 15 is 0 Å². The van der Waals surface area contributed by atoms with Gasteiger partial charge >= 0.3 is 0 Å². The molecular weight excluding hydrogens is 238 g/mol. The Morgan fingerprint density at radius 3 is 2.74 bits per heavy atom. The van der Waals surface area contributed by atoms with Crippen molar-refractivity contribution in [1.29, 1.82) is 0 Å². The van der Waals surface area contributed by atoms with Crippen LogP contribution in [0.3, 0.4) is 0 Å². The van der Waals surface area contributed by atoms with E-state index in [9.17, 15) is 0 Å². The van der Waals surface area contributed by atoms with Crippen molar-refractivity contribution >= 4 is 0 Å². The summed E-state index contributed by atoms with van der Waals surface area (Å²) in [5, 5.41) is 11.9. The van der Waals surface area contributed by atoms with Crippen LogP contribution in [0, 0.1) is 13.8 Å². The lowest BCUT2D eigenvalue weighted by Crippen LogP contribution is -2.08. The molecule has 0 saturated carbocycles. The second-order valence-electron chi connectivity index (χ2n) is 4.91. The van der Waals surface area contributed by atoms with E-state index in [2.05, 4.69) is 47.6 Å². The minimum atomic E-state index is 0.717. The molecule has 5 heteroatoms. The highest BCUT2D eigenvalue weighted by Gasteiger charge is 2.07. The number of nitrogens with zero attached hydrogens (tertiary/aromatic N) is 4. The van der Waals surface area contributed by atoms with Gasteiger partial charge in [0.15, 0.2) is 5.82 Å². The molecule has 0 aliphatic rings. The Balaban J connectivity index is 2.06. The number of aryl methyl sites for hydroxylation is 3. The summed E-state index contributed by atoms with van der Waals surface area (Å²) in [5.74, 6) is 0.917. The van der Waals surface area contributed by atoms with Crippen molar-refractivity contribution in [3.63, 3.8) is 0 Å². The van der Waals surface area contributed by atoms with E-state index in [1.807, 2.05) is 4.68 Å². The van der Waals surface area contributed by atoms with Gasteiger partial charge in [-0.3, -0.25) is 0 Å². The van der Waals surface area contributed by atoms with Gasteiger partial charge in [0.05, 0.1) is 0 Å². The Morgan fingerprint density at radius 2 is 2.00 bits per heavy atom. The minimum absolute atomic E-state index is 0.717. The van der Waals surface area contributed by atoms with Crippen molar-refractivity contribution in [2.75, 3.05) is 6.54 Å². The zero-order chi connectivity index (χ0) is 13.7. The number of aromatic nitrogens is 4. The van der Waals surface area contributed by atoms with Crippen LogP contribution in [0.2, 0.25) is 0 Å². The van der Waals surface area contributed by atoms with Crippen molar-refractivity contribution < 1.29 is 0 Å². The third-order valence-electron chi connectivity index (χ3n) is 3.36. The molecule has 1 heterocycles. The highest BCUT2D eigenvalue weighted by atomic mass is 15.5. The second-order valence-corrected chi connectivity index (χ2v) is 4.91. The van der Waals surface area contributed by atoms with E-state index in [1.165, 1.54) is 16.7 Å². The number of tetrazole rings is 1. The normalized spacial score (nSPS) is 10.9. The molecule has 2 aromatic rings. The molecule has 1 aromatic heterocycles. The summed E-state index contributed by atoms with van der Waals surface area (Å²) in [7, 11) is 0. The molecule has 19 heavy (non-hydrogen) atoms. The molecule has 0 unspecified atom stereocenters. The molecule has 0 saturated heterocycles. The van der Waals surface area contributed by atoms with Crippen molar-refractivity contribution in [2.45, 2.75) is 39.7 Å². The van der Waals surface area contributed by atoms with Crippen LogP contribution in [-0.4, -0.2) is 26.8 Å². The van der Waals surface area contributed by atoms with Crippen molar-refractivity contribution in [3.05, 3.63) is 40.7 Å². The first-order chi connectivity index (χ1) is 9.20. The predicted molar refractivity (Wildman–Crippen MR) is 74.8 cm³/mol. The average molecular weight is 259 g/mol. The van der Waals surface area contributed by atoms with Crippen LogP contribution in [0.1, 0.15) is 35.4 Å². The fourth-order valence-electron chi connectivity index (χ4n) is 2.03. The Kier molecular flexibility index (Phi) is 4.63. The average Bonchev–Trinajstić information content (AvgIpc) is 2.82. The summed E-state index contributed by atoms with van der Waals surface area (Å²) < 4.78 is 1.88. The van der Waals surface area contributed by atoms with E-state index in [0.717, 1.165) is 31.6 Å². The maximum absolute atomic E-state index is 5.50. The van der Waals surface area contributed by atoms with E-state index in [-0.39, 0.29) is 0 Å². The lowest BCUT2D eigenvalue weighted by Gasteiger charge is -2.06. The largest absolute Gasteiger partial charge is 0.330 e. The molecule has 0 fully saturated rings. The molecule has 0 aliphatic heterocycles. The number of hydrogen-bond acceptors (Lipinski definition) is 4. The fraction of sp³-hybridized carbons (Fsp3) is 0.500. The number of unbranched alkanes of at least 4 members (excludes halogenated alkanes) is 1. The third-order valence-corrected chi connectivity index (χ3v) is 3.36. The first kappa shape index (κ1) is 13.7. The SMILES string of the molecule is Cc1ccc(Cc2nnnn2CCCCN)cc1C. The van der Waals surface area contributed by atoms with Crippen molar-refractivity contribution in [1.82, 2.24) is 20.2 Å². The number of nitrogens with two attached hydrogens (primary N) is 1. The van der Waals surface area contributed by atoms with Crippen LogP contribution in [0.4, 0.5) is 0 Å². The van der Waals surface area contributed by atoms with E-state index in [0.29, 0.717) is 6.54 Å². The Hall–Kier alpha value is -1.75. The molecule has 0 aliphatic carbocycles. The van der Waals surface area contributed by atoms with Crippen LogP contribution >= 0.6 is 0 Å². The molecule has 102 valence electrons. The van der Waals surface area contributed by atoms with Gasteiger partial charge in [-0.15, -0.1) is 5.10 Å². The van der Waals surface area contributed by atoms with Gasteiger partial charge in [-0.2, -0.15) is 0 Å². The van der Waals surface area contributed by atoms with Crippen LogP contribution in [-0.2, 0) is 13.0 Å². The van der Waals surface area contributed by atoms with E-state index < -0.39 is 0 Å². The smallest absolute Gasteiger partial charge is 0.155 e. The molecule has 0 radical (unpaired) electrons. The van der Waals surface area contributed by atoms with Gasteiger partial charge in [-0.05, 0) is 60.4 Å². The fourth-order valence-corrected chi connectivity index (χ4v) is 2.03. The molecule has 0 atom stereocenters. The summed E-state index contributed by atoms with van der Waals surface area (Å²) in [6, 6.07) is 6.49. The Morgan fingerprint density at radius 1 is 1.16 bits per heavy atom. The van der Waals surface area contributed by atoms with Crippen molar-refractivity contribution in [3.8, 4) is 0 Å². The Bertz CT molecular complexity index is 532. The zero-order valence-corrected chi connectivity index (χ0v) is 11.6. The van der Waals surface area contributed by atoms with Crippen LogP contribution in [0.5, 0.6) is 0 Å². The molecule has 2 rings (SSSR count). The summed E-state index contributed by atoms with van der Waals surface area (Å²) in [5.41, 5.74) is 9.36. The van der Waals surface area contributed by atoms with Gasteiger partial charge in [-0.25, -0.2) is 4.68 Å². The van der Waals surface area contributed by atoms with Gasteiger partial charge in [0, 0.05) is 13.0 Å². The van der Waals surface area contributed by atoms with Gasteiger partial charge in [0.25, 0.3) is 0 Å². The first-order valence-corrected chi connectivity index (χ1v) is 6.72. The van der Waals surface area contributed by atoms with Gasteiger partial charge in [-0.1, -0.05) is 18.2 Å². The standard InChI is InChI=1S/C14H21N5/c1-11-5-6-13(9-12(11)2)10-14-16-17-18-19(14)8-4-3-7-15/h5-6,9H,3-4,7-8,10,15H2,1-2H3. The summed E-state index contributed by atoms with van der Waals surface area (Å²) in [4.78, 5) is 0. The Labute approximate surface area is 113 Å². The highest BCUT2D eigenvalue weighted by Crippen LogP contribution is 2.13. The summed E-state index contributed by atoms with van der Waals surface area (Å²) >= 11 is 0. The third kappa shape index (κ3) is 3.61. The van der Waals surface area contributed by atoms with Crippen molar-refractivity contribution in [2.24, 2.45) is 5.73 Å². The molecular formula is C14H21N5. The lowest BCUT2D eigenvalue weighted by atomic mass is 10.0. The van der Waals surface area contributed by atoms with Gasteiger partial charge in [0.2, 0.25) is 0 Å². The molecule has 2 N–H and O–H groups in total. The molecule has 0 spiro atoms. The summed E-state index contributed by atoms with van der Waals surface area (Å²) in [6.45, 7) is 5.80. The van der Waals surface area contributed by atoms with Crippen LogP contribution in [0.25, 0.3) is 0 Å². The lowest BCUT2D eigenvalue weighted by molar-refractivity contribution is 0.529. The molecule has 0 amide bonds. The molecule has 1 aromatic carbocycles. The minimum Gasteiger partial charge on any atom is -0.330 e. The number of benzene rings is 1. The maximum Gasteiger partial charge on any atom is 0.155 e. The van der Waals surface area contributed by atoms with E-state index in [4.69, 9.17) is 5.73 Å². The maximum atomic E-state index is 5.50. The number of rotatable bonds is 6. The second kappa shape index (κ2) is 6.43. The topological polar surface area (TPSA) is 69.6 Å². The van der Waals surface area contributed by atoms with Gasteiger partial charge < -0.3 is 5.73 Å². The quantitative estimate of drug-likeness (QED) is 0.800. The summed E-state index contributed by atoms with van der Waals surface area (Å²) in [6.07, 6.45) is 2.79. The van der Waals surface area contributed by atoms with Gasteiger partial charge in [0.1, 0.15) is 0 Å². The molecule has 5 nitrogen and oxygen atoms in total. The van der Waals surface area contributed by atoms with Crippen LogP contribution in [0.15, 0.2) is 18.2 Å². The number of hydrogen-bond donors (Lipinski definition) is 1. The van der Waals surface area contributed by atoms with E-state index in [1.54, 1.807) is 0 Å². The highest BCUT2D eigenvalue weighted by molar-refractivity contribution is 5.31. The zero-order valence-electron chi connectivity index (χ0n) is 11.6.